The number of amides is 4. The van der Waals surface area contributed by atoms with Gasteiger partial charge in [-0.3, -0.25) is 28.9 Å². The van der Waals surface area contributed by atoms with Crippen molar-refractivity contribution in [3.8, 4) is 0 Å². The molecule has 3 aromatic rings. The van der Waals surface area contributed by atoms with Crippen LogP contribution in [0, 0.1) is 5.92 Å². The van der Waals surface area contributed by atoms with E-state index in [2.05, 4.69) is 25.8 Å². The van der Waals surface area contributed by atoms with E-state index in [-0.39, 0.29) is 42.8 Å². The van der Waals surface area contributed by atoms with E-state index >= 15 is 0 Å². The summed E-state index contributed by atoms with van der Waals surface area (Å²) in [6.07, 6.45) is 3.57. The van der Waals surface area contributed by atoms with E-state index in [1.54, 1.807) is 18.0 Å². The second-order valence-corrected chi connectivity index (χ2v) is 17.3. The van der Waals surface area contributed by atoms with E-state index < -0.39 is 47.6 Å². The summed E-state index contributed by atoms with van der Waals surface area (Å²) in [5.74, 6) is -1.65. The largest absolute Gasteiger partial charge is 0.379 e. The Labute approximate surface area is 339 Å². The highest BCUT2D eigenvalue weighted by Crippen LogP contribution is 2.30. The average Bonchev–Trinajstić information content (AvgIpc) is 3.70. The fraction of sp³-hybridized carbons (Fsp3) is 0.535. The van der Waals surface area contributed by atoms with Gasteiger partial charge in [0.05, 0.1) is 38.8 Å². The number of Topliss-reactive ketones (excluding diaryl/α,β-unsaturated/α-hetero) is 1. The van der Waals surface area contributed by atoms with Gasteiger partial charge < -0.3 is 30.3 Å². The number of morpholine rings is 1. The van der Waals surface area contributed by atoms with Crippen LogP contribution in [0.25, 0.3) is 0 Å². The van der Waals surface area contributed by atoms with Gasteiger partial charge in [0.25, 0.3) is 0 Å². The van der Waals surface area contributed by atoms with Crippen LogP contribution >= 0.6 is 11.3 Å². The number of hydrogen-bond donors (Lipinski definition) is 3. The number of ether oxygens (including phenoxy) is 2. The van der Waals surface area contributed by atoms with Gasteiger partial charge >= 0.3 is 0 Å². The molecule has 0 radical (unpaired) electrons. The van der Waals surface area contributed by atoms with E-state index in [0.29, 0.717) is 45.6 Å². The molecule has 0 spiro atoms. The SMILES string of the molecule is CC(C)C[C@H](NC(=O)[C@H](Cc1ccccc1)N1C(=O)[C@@H](NC(=O)[C@H](CCc2ccccc2)NC(=O)Cc2cnc(CN3CCOCC3)s2)CC1C)C(=O)C1(C)CO1. The Morgan fingerprint density at radius 1 is 0.947 bits per heavy atom. The summed E-state index contributed by atoms with van der Waals surface area (Å²) in [5, 5.41) is 9.80. The molecule has 4 heterocycles. The normalized spacial score (nSPS) is 22.5. The molecule has 0 aliphatic carbocycles. The number of rotatable bonds is 19. The third-order valence-corrected chi connectivity index (χ3v) is 11.9. The summed E-state index contributed by atoms with van der Waals surface area (Å²) in [7, 11) is 0. The number of thiazole rings is 1. The van der Waals surface area contributed by atoms with Crippen molar-refractivity contribution in [1.29, 1.82) is 0 Å². The van der Waals surface area contributed by atoms with Crippen molar-refractivity contribution < 1.29 is 33.4 Å². The fourth-order valence-electron chi connectivity index (χ4n) is 7.63. The summed E-state index contributed by atoms with van der Waals surface area (Å²) < 4.78 is 10.9. The molecule has 4 amide bonds. The summed E-state index contributed by atoms with van der Waals surface area (Å²) in [6, 6.07) is 15.2. The smallest absolute Gasteiger partial charge is 0.246 e. The number of carbonyl (C=O) groups is 5. The Bertz CT molecular complexity index is 1850. The molecule has 6 atom stereocenters. The maximum absolute atomic E-state index is 14.3. The minimum Gasteiger partial charge on any atom is -0.379 e. The molecule has 2 aromatic carbocycles. The number of epoxide rings is 1. The summed E-state index contributed by atoms with van der Waals surface area (Å²) in [5.41, 5.74) is 0.947. The number of hydrogen-bond acceptors (Lipinski definition) is 10. The molecule has 3 aliphatic rings. The standard InChI is InChI=1S/C43H56N6O7S/c1-28(2)21-34(39(51)43(4)27-56-43)46-41(53)36(23-31-13-9-6-10-14-31)49-29(3)22-35(42(49)54)47-40(52)33(16-15-30-11-7-5-8-12-30)45-37(50)24-32-25-44-38(57-32)26-48-17-19-55-20-18-48/h5-14,25,28-29,33-36H,15-24,26-27H2,1-4H3,(H,45,50)(H,46,53)(H,47,52)/t29?,33-,34-,35-,36-,43?/m0/s1. The number of ketones is 1. The Morgan fingerprint density at radius 3 is 2.26 bits per heavy atom. The van der Waals surface area contributed by atoms with Crippen LogP contribution in [-0.4, -0.2) is 113 Å². The third-order valence-electron chi connectivity index (χ3n) is 10.9. The molecule has 6 rings (SSSR count). The first kappa shape index (κ1) is 42.1. The predicted molar refractivity (Wildman–Crippen MR) is 216 cm³/mol. The molecule has 2 unspecified atom stereocenters. The molecule has 14 heteroatoms. The molecule has 3 aliphatic heterocycles. The third kappa shape index (κ3) is 11.6. The van der Waals surface area contributed by atoms with Crippen LogP contribution < -0.4 is 16.0 Å². The summed E-state index contributed by atoms with van der Waals surface area (Å²) >= 11 is 1.48. The van der Waals surface area contributed by atoms with Gasteiger partial charge in [0.15, 0.2) is 5.78 Å². The summed E-state index contributed by atoms with van der Waals surface area (Å²) in [6.45, 7) is 11.6. The Kier molecular flexibility index (Phi) is 14.3. The second-order valence-electron chi connectivity index (χ2n) is 16.1. The first-order chi connectivity index (χ1) is 27.4. The molecule has 0 bridgehead atoms. The molecule has 3 N–H and O–H groups in total. The van der Waals surface area contributed by atoms with Gasteiger partial charge in [-0.25, -0.2) is 4.98 Å². The monoisotopic (exact) mass is 800 g/mol. The first-order valence-corrected chi connectivity index (χ1v) is 20.9. The van der Waals surface area contributed by atoms with Gasteiger partial charge in [-0.15, -0.1) is 11.3 Å². The van der Waals surface area contributed by atoms with E-state index in [1.807, 2.05) is 81.4 Å². The number of nitrogens with zero attached hydrogens (tertiary/aromatic N) is 3. The van der Waals surface area contributed by atoms with Crippen LogP contribution in [0.2, 0.25) is 0 Å². The number of nitrogens with one attached hydrogen (secondary N) is 3. The quantitative estimate of drug-likeness (QED) is 0.155. The molecule has 3 fully saturated rings. The molecule has 0 saturated carbocycles. The summed E-state index contributed by atoms with van der Waals surface area (Å²) in [4.78, 5) is 78.7. The number of benzene rings is 2. The highest BCUT2D eigenvalue weighted by molar-refractivity contribution is 7.11. The lowest BCUT2D eigenvalue weighted by Gasteiger charge is -2.33. The van der Waals surface area contributed by atoms with Crippen molar-refractivity contribution in [3.05, 3.63) is 87.9 Å². The van der Waals surface area contributed by atoms with Crippen LogP contribution in [0.15, 0.2) is 66.9 Å². The number of aromatic nitrogens is 1. The Hall–Kier alpha value is -4.50. The van der Waals surface area contributed by atoms with Gasteiger partial charge in [-0.05, 0) is 56.6 Å². The van der Waals surface area contributed by atoms with Crippen molar-refractivity contribution in [3.63, 3.8) is 0 Å². The van der Waals surface area contributed by atoms with Gasteiger partial charge in [0.1, 0.15) is 28.7 Å². The van der Waals surface area contributed by atoms with Gasteiger partial charge in [-0.1, -0.05) is 74.5 Å². The predicted octanol–water partition coefficient (Wildman–Crippen LogP) is 3.24. The van der Waals surface area contributed by atoms with Crippen molar-refractivity contribution in [2.24, 2.45) is 5.92 Å². The maximum Gasteiger partial charge on any atom is 0.246 e. The van der Waals surface area contributed by atoms with Gasteiger partial charge in [0.2, 0.25) is 23.6 Å². The van der Waals surface area contributed by atoms with Gasteiger partial charge in [0, 0.05) is 36.6 Å². The topological polar surface area (TPSA) is 163 Å². The van der Waals surface area contributed by atoms with Crippen molar-refractivity contribution in [2.75, 3.05) is 32.9 Å². The fourth-order valence-corrected chi connectivity index (χ4v) is 8.60. The van der Waals surface area contributed by atoms with Crippen molar-refractivity contribution >= 4 is 40.7 Å². The van der Waals surface area contributed by atoms with Crippen molar-refractivity contribution in [1.82, 2.24) is 30.7 Å². The van der Waals surface area contributed by atoms with Crippen LogP contribution in [0.5, 0.6) is 0 Å². The van der Waals surface area contributed by atoms with Crippen LogP contribution in [0.1, 0.15) is 68.0 Å². The molecular weight excluding hydrogens is 745 g/mol. The van der Waals surface area contributed by atoms with Gasteiger partial charge in [-0.2, -0.15) is 0 Å². The van der Waals surface area contributed by atoms with Crippen LogP contribution in [0.3, 0.4) is 0 Å². The van der Waals surface area contributed by atoms with E-state index in [9.17, 15) is 24.0 Å². The number of likely N-dealkylation sites (tertiary alicyclic amines) is 1. The van der Waals surface area contributed by atoms with Crippen LogP contribution in [-0.2, 0) is 59.3 Å². The van der Waals surface area contributed by atoms with E-state index in [1.165, 1.54) is 11.3 Å². The minimum absolute atomic E-state index is 0.0743. The highest BCUT2D eigenvalue weighted by atomic mass is 32.1. The lowest BCUT2D eigenvalue weighted by atomic mass is 9.92. The first-order valence-electron chi connectivity index (χ1n) is 20.1. The lowest BCUT2D eigenvalue weighted by molar-refractivity contribution is -0.142. The molecule has 3 saturated heterocycles. The maximum atomic E-state index is 14.3. The highest BCUT2D eigenvalue weighted by Gasteiger charge is 2.51. The van der Waals surface area contributed by atoms with E-state index in [4.69, 9.17) is 9.47 Å². The average molecular weight is 801 g/mol. The van der Waals surface area contributed by atoms with Crippen molar-refractivity contribution in [2.45, 2.75) is 109 Å². The van der Waals surface area contributed by atoms with Crippen LogP contribution in [0.4, 0.5) is 0 Å². The zero-order chi connectivity index (χ0) is 40.5. The number of aryl methyl sites for hydroxylation is 1. The molecular formula is C43H56N6O7S. The zero-order valence-electron chi connectivity index (χ0n) is 33.4. The molecule has 13 nitrogen and oxygen atoms in total. The number of carbonyl (C=O) groups excluding carboxylic acids is 5. The van der Waals surface area contributed by atoms with E-state index in [0.717, 1.165) is 34.1 Å². The molecule has 1 aromatic heterocycles. The molecule has 57 heavy (non-hydrogen) atoms. The second kappa shape index (κ2) is 19.3. The Balaban J connectivity index is 1.15. The Morgan fingerprint density at radius 2 is 1.61 bits per heavy atom. The zero-order valence-corrected chi connectivity index (χ0v) is 34.2. The minimum atomic E-state index is -0.937. The lowest BCUT2D eigenvalue weighted by Crippen LogP contribution is -2.57. The molecule has 306 valence electrons.